The average molecular weight is 442 g/mol. The standard InChI is InChI=1S/C27H39NO4/c1-14-11-20-23(28-13-14)16(3)27(32-20)8-7-18-19-6-5-17-12-26(30,31)10-9-25(17,4)22(19)24(29)21(18)15(27)2/h5,14,16,18-20,22-23,28,30-31H,6-13H2,1-4H3/t14-,16+,18-,19-,20+,22+,23-,25-,27-/m0/s1. The minimum Gasteiger partial charge on any atom is -0.365 e. The van der Waals surface area contributed by atoms with Crippen molar-refractivity contribution >= 4 is 5.78 Å². The van der Waals surface area contributed by atoms with Gasteiger partial charge in [0.05, 0.1) is 11.7 Å². The molecule has 0 aromatic rings. The lowest BCUT2D eigenvalue weighted by Gasteiger charge is -2.49. The van der Waals surface area contributed by atoms with Gasteiger partial charge in [0, 0.05) is 36.3 Å². The zero-order valence-corrected chi connectivity index (χ0v) is 20.0. The zero-order chi connectivity index (χ0) is 22.6. The minimum absolute atomic E-state index is 0.0270. The van der Waals surface area contributed by atoms with Gasteiger partial charge in [0.2, 0.25) is 0 Å². The van der Waals surface area contributed by atoms with Gasteiger partial charge in [-0.2, -0.15) is 0 Å². The van der Waals surface area contributed by atoms with E-state index in [1.165, 1.54) is 5.57 Å². The molecule has 3 N–H and O–H groups in total. The third-order valence-corrected chi connectivity index (χ3v) is 10.7. The molecule has 6 rings (SSSR count). The maximum atomic E-state index is 14.1. The van der Waals surface area contributed by atoms with Gasteiger partial charge in [0.25, 0.3) is 0 Å². The Balaban J connectivity index is 1.38. The molecule has 2 saturated carbocycles. The highest BCUT2D eigenvalue weighted by molar-refractivity contribution is 6.02. The van der Waals surface area contributed by atoms with Gasteiger partial charge >= 0.3 is 0 Å². The third kappa shape index (κ3) is 2.68. The minimum atomic E-state index is -1.63. The second-order valence-electron chi connectivity index (χ2n) is 12.3. The first-order chi connectivity index (χ1) is 15.1. The second kappa shape index (κ2) is 6.78. The fraction of sp³-hybridized carbons (Fsp3) is 0.815. The number of allylic oxidation sites excluding steroid dienone is 2. The topological polar surface area (TPSA) is 78.8 Å². The molecule has 2 saturated heterocycles. The number of ketones is 1. The number of aliphatic hydroxyl groups is 2. The molecule has 1 spiro atoms. The van der Waals surface area contributed by atoms with Gasteiger partial charge in [-0.1, -0.05) is 32.4 Å². The number of Topliss-reactive ketones (excluding diaryl/α,β-unsaturated/α-hetero) is 1. The molecule has 6 aliphatic rings. The van der Waals surface area contributed by atoms with Gasteiger partial charge in [-0.05, 0) is 74.3 Å². The number of hydrogen-bond donors (Lipinski definition) is 3. The number of piperidine rings is 1. The molecule has 2 aliphatic heterocycles. The molecule has 0 unspecified atom stereocenters. The molecule has 0 aromatic heterocycles. The molecule has 2 heterocycles. The predicted molar refractivity (Wildman–Crippen MR) is 122 cm³/mol. The number of rotatable bonds is 0. The van der Waals surface area contributed by atoms with E-state index in [9.17, 15) is 15.0 Å². The van der Waals surface area contributed by atoms with E-state index >= 15 is 0 Å². The predicted octanol–water partition coefficient (Wildman–Crippen LogP) is 3.50. The van der Waals surface area contributed by atoms with Crippen LogP contribution in [0.25, 0.3) is 0 Å². The Hall–Kier alpha value is -1.01. The van der Waals surface area contributed by atoms with Crippen molar-refractivity contribution in [2.24, 2.45) is 35.0 Å². The van der Waals surface area contributed by atoms with Crippen molar-refractivity contribution < 1.29 is 19.7 Å². The molecule has 0 radical (unpaired) electrons. The Bertz CT molecular complexity index is 921. The smallest absolute Gasteiger partial charge is 0.166 e. The Labute approximate surface area is 191 Å². The summed E-state index contributed by atoms with van der Waals surface area (Å²) in [5.74, 6) is 0.348. The fourth-order valence-electron chi connectivity index (χ4n) is 8.91. The number of hydrogen-bond acceptors (Lipinski definition) is 5. The monoisotopic (exact) mass is 441 g/mol. The Morgan fingerprint density at radius 3 is 2.75 bits per heavy atom. The molecule has 9 atom stereocenters. The van der Waals surface area contributed by atoms with Crippen molar-refractivity contribution in [2.45, 2.75) is 96.2 Å². The quantitative estimate of drug-likeness (QED) is 0.396. The summed E-state index contributed by atoms with van der Waals surface area (Å²) in [6.07, 6.45) is 7.80. The van der Waals surface area contributed by atoms with E-state index in [1.807, 2.05) is 0 Å². The van der Waals surface area contributed by atoms with Crippen LogP contribution in [0.1, 0.15) is 72.6 Å². The summed E-state index contributed by atoms with van der Waals surface area (Å²) in [5.41, 5.74) is 2.82. The van der Waals surface area contributed by atoms with Gasteiger partial charge in [-0.25, -0.2) is 0 Å². The van der Waals surface area contributed by atoms with Crippen LogP contribution in [0.3, 0.4) is 0 Å². The number of fused-ring (bicyclic) bond motifs is 6. The summed E-state index contributed by atoms with van der Waals surface area (Å²) in [6, 6.07) is 0.378. The molecular weight excluding hydrogens is 402 g/mol. The van der Waals surface area contributed by atoms with Crippen LogP contribution in [0, 0.1) is 35.0 Å². The summed E-state index contributed by atoms with van der Waals surface area (Å²) >= 11 is 0. The third-order valence-electron chi connectivity index (χ3n) is 10.7. The number of carbonyl (C=O) groups is 1. The Kier molecular flexibility index (Phi) is 4.56. The number of ether oxygens (including phenoxy) is 1. The second-order valence-corrected chi connectivity index (χ2v) is 12.3. The van der Waals surface area contributed by atoms with Crippen LogP contribution in [0.4, 0.5) is 0 Å². The van der Waals surface area contributed by atoms with Gasteiger partial charge in [0.15, 0.2) is 11.6 Å². The highest BCUT2D eigenvalue weighted by atomic mass is 16.5. The van der Waals surface area contributed by atoms with Crippen LogP contribution in [0.5, 0.6) is 0 Å². The van der Waals surface area contributed by atoms with Crippen molar-refractivity contribution in [1.29, 1.82) is 0 Å². The Morgan fingerprint density at radius 2 is 1.97 bits per heavy atom. The summed E-state index contributed by atoms with van der Waals surface area (Å²) in [7, 11) is 0. The van der Waals surface area contributed by atoms with E-state index in [0.717, 1.165) is 43.4 Å². The summed E-state index contributed by atoms with van der Waals surface area (Å²) in [4.78, 5) is 14.1. The van der Waals surface area contributed by atoms with Crippen LogP contribution in [-0.2, 0) is 9.53 Å². The van der Waals surface area contributed by atoms with Crippen LogP contribution >= 0.6 is 0 Å². The van der Waals surface area contributed by atoms with Crippen molar-refractivity contribution in [3.63, 3.8) is 0 Å². The first kappa shape index (κ1) is 21.5. The highest BCUT2D eigenvalue weighted by Gasteiger charge is 2.63. The lowest BCUT2D eigenvalue weighted by Crippen LogP contribution is -2.49. The molecule has 0 bridgehead atoms. The molecule has 0 aromatic carbocycles. The molecule has 0 amide bonds. The van der Waals surface area contributed by atoms with E-state index in [0.29, 0.717) is 48.3 Å². The van der Waals surface area contributed by atoms with E-state index in [1.54, 1.807) is 0 Å². The van der Waals surface area contributed by atoms with Crippen LogP contribution in [0.15, 0.2) is 22.8 Å². The largest absolute Gasteiger partial charge is 0.365 e. The zero-order valence-electron chi connectivity index (χ0n) is 20.0. The maximum Gasteiger partial charge on any atom is 0.166 e. The molecular formula is C27H39NO4. The first-order valence-corrected chi connectivity index (χ1v) is 12.9. The SMILES string of the molecule is CC1=C2C(=O)[C@H]3[C@@H](CC=C4CC(O)(O)CC[C@@]43C)[C@@H]2CC[C@]12O[C@@H]1C[C@H](C)CN[C@H]1[C@H]2C. The maximum absolute atomic E-state index is 14.1. The van der Waals surface area contributed by atoms with E-state index in [4.69, 9.17) is 4.74 Å². The van der Waals surface area contributed by atoms with Gasteiger partial charge < -0.3 is 20.3 Å². The fourth-order valence-corrected chi connectivity index (χ4v) is 8.91. The van der Waals surface area contributed by atoms with E-state index in [-0.39, 0.29) is 29.5 Å². The van der Waals surface area contributed by atoms with Crippen molar-refractivity contribution in [1.82, 2.24) is 5.32 Å². The van der Waals surface area contributed by atoms with Crippen LogP contribution in [-0.4, -0.2) is 46.1 Å². The van der Waals surface area contributed by atoms with Crippen molar-refractivity contribution in [3.05, 3.63) is 22.8 Å². The lowest BCUT2D eigenvalue weighted by atomic mass is 9.56. The van der Waals surface area contributed by atoms with E-state index in [2.05, 4.69) is 39.1 Å². The lowest BCUT2D eigenvalue weighted by molar-refractivity contribution is -0.185. The van der Waals surface area contributed by atoms with E-state index < -0.39 is 5.79 Å². The van der Waals surface area contributed by atoms with Crippen molar-refractivity contribution in [3.8, 4) is 0 Å². The highest BCUT2D eigenvalue weighted by Crippen LogP contribution is 2.64. The molecule has 5 heteroatoms. The summed E-state index contributed by atoms with van der Waals surface area (Å²) < 4.78 is 6.91. The van der Waals surface area contributed by atoms with Gasteiger partial charge in [-0.15, -0.1) is 0 Å². The molecule has 5 nitrogen and oxygen atoms in total. The first-order valence-electron chi connectivity index (χ1n) is 12.9. The van der Waals surface area contributed by atoms with Gasteiger partial charge in [-0.3, -0.25) is 4.79 Å². The number of nitrogens with one attached hydrogen (secondary N) is 1. The van der Waals surface area contributed by atoms with Gasteiger partial charge in [0.1, 0.15) is 0 Å². The number of carbonyl (C=O) groups excluding carboxylic acids is 1. The van der Waals surface area contributed by atoms with Crippen LogP contribution < -0.4 is 5.32 Å². The van der Waals surface area contributed by atoms with Crippen molar-refractivity contribution in [2.75, 3.05) is 6.54 Å². The summed E-state index contributed by atoms with van der Waals surface area (Å²) in [6.45, 7) is 10.1. The molecule has 176 valence electrons. The average Bonchev–Trinajstić information content (AvgIpc) is 3.18. The summed E-state index contributed by atoms with van der Waals surface area (Å²) in [5, 5.41) is 24.3. The Morgan fingerprint density at radius 1 is 1.19 bits per heavy atom. The normalized spacial score (nSPS) is 51.8. The molecule has 4 aliphatic carbocycles. The van der Waals surface area contributed by atoms with Crippen LogP contribution in [0.2, 0.25) is 0 Å². The molecule has 32 heavy (non-hydrogen) atoms. The molecule has 4 fully saturated rings.